The van der Waals surface area contributed by atoms with Crippen molar-refractivity contribution < 1.29 is 9.90 Å². The van der Waals surface area contributed by atoms with E-state index in [0.29, 0.717) is 6.54 Å². The minimum atomic E-state index is -0.0149. The molecule has 1 saturated carbocycles. The van der Waals surface area contributed by atoms with Crippen LogP contribution in [0.3, 0.4) is 0 Å². The molecule has 2 aliphatic rings. The van der Waals surface area contributed by atoms with Gasteiger partial charge < -0.3 is 10.4 Å². The minimum absolute atomic E-state index is 0.0149. The summed E-state index contributed by atoms with van der Waals surface area (Å²) in [6, 6.07) is 0. The number of thioether (sulfide) groups is 1. The fourth-order valence-corrected chi connectivity index (χ4v) is 3.87. The molecule has 1 amide bonds. The Bertz CT molecular complexity index is 245. The third-order valence-electron chi connectivity index (χ3n) is 3.86. The van der Waals surface area contributed by atoms with Crippen molar-refractivity contribution in [3.63, 3.8) is 0 Å². The number of amides is 1. The maximum atomic E-state index is 11.8. The van der Waals surface area contributed by atoms with E-state index in [-0.39, 0.29) is 23.2 Å². The highest BCUT2D eigenvalue weighted by Crippen LogP contribution is 2.37. The summed E-state index contributed by atoms with van der Waals surface area (Å²) >= 11 is 1.76. The van der Waals surface area contributed by atoms with E-state index in [4.69, 9.17) is 0 Å². The molecule has 2 N–H and O–H groups in total. The third-order valence-corrected chi connectivity index (χ3v) is 5.24. The molecule has 92 valence electrons. The Labute approximate surface area is 101 Å². The third kappa shape index (κ3) is 2.72. The van der Waals surface area contributed by atoms with Crippen LogP contribution in [0.5, 0.6) is 0 Å². The molecule has 0 radical (unpaired) electrons. The maximum Gasteiger partial charge on any atom is 0.233 e. The van der Waals surface area contributed by atoms with Crippen LogP contribution < -0.4 is 5.32 Å². The average Bonchev–Trinajstić information content (AvgIpc) is 2.98. The van der Waals surface area contributed by atoms with Gasteiger partial charge in [-0.3, -0.25) is 4.79 Å². The molecule has 1 saturated heterocycles. The van der Waals surface area contributed by atoms with E-state index in [1.807, 2.05) is 0 Å². The van der Waals surface area contributed by atoms with Gasteiger partial charge in [0.15, 0.2) is 0 Å². The maximum absolute atomic E-state index is 11.8. The van der Waals surface area contributed by atoms with E-state index in [0.717, 1.165) is 31.4 Å². The number of nitrogens with one attached hydrogen (secondary N) is 1. The summed E-state index contributed by atoms with van der Waals surface area (Å²) in [5, 5.41) is 12.6. The number of rotatable bonds is 4. The molecule has 16 heavy (non-hydrogen) atoms. The monoisotopic (exact) mass is 243 g/mol. The number of carbonyl (C=O) groups is 1. The smallest absolute Gasteiger partial charge is 0.233 e. The SMILES string of the molecule is O=C(NCC1(CO)CCCC1)C1CCCS1. The number of aliphatic hydroxyl groups excluding tert-OH is 1. The van der Waals surface area contributed by atoms with Gasteiger partial charge in [0.1, 0.15) is 0 Å². The highest BCUT2D eigenvalue weighted by atomic mass is 32.2. The van der Waals surface area contributed by atoms with Crippen LogP contribution in [-0.2, 0) is 4.79 Å². The molecule has 1 heterocycles. The van der Waals surface area contributed by atoms with Gasteiger partial charge in [0.05, 0.1) is 11.9 Å². The Morgan fingerprint density at radius 3 is 2.69 bits per heavy atom. The quantitative estimate of drug-likeness (QED) is 0.787. The molecule has 0 aromatic rings. The Kier molecular flexibility index (Phi) is 4.14. The predicted octanol–water partition coefficient (Wildman–Crippen LogP) is 1.55. The molecule has 3 nitrogen and oxygen atoms in total. The van der Waals surface area contributed by atoms with Crippen molar-refractivity contribution in [1.29, 1.82) is 0 Å². The van der Waals surface area contributed by atoms with E-state index in [1.54, 1.807) is 11.8 Å². The molecule has 0 spiro atoms. The summed E-state index contributed by atoms with van der Waals surface area (Å²) in [4.78, 5) is 11.8. The summed E-state index contributed by atoms with van der Waals surface area (Å²) in [6.45, 7) is 0.879. The van der Waals surface area contributed by atoms with Gasteiger partial charge in [-0.25, -0.2) is 0 Å². The predicted molar refractivity (Wildman–Crippen MR) is 66.5 cm³/mol. The van der Waals surface area contributed by atoms with Gasteiger partial charge in [-0.05, 0) is 31.4 Å². The Hall–Kier alpha value is -0.220. The summed E-state index contributed by atoms with van der Waals surface area (Å²) in [7, 11) is 0. The first kappa shape index (κ1) is 12.2. The van der Waals surface area contributed by atoms with Crippen LogP contribution in [0.4, 0.5) is 0 Å². The van der Waals surface area contributed by atoms with Crippen molar-refractivity contribution in [2.45, 2.75) is 43.8 Å². The van der Waals surface area contributed by atoms with Crippen molar-refractivity contribution in [1.82, 2.24) is 5.32 Å². The molecule has 2 fully saturated rings. The van der Waals surface area contributed by atoms with Gasteiger partial charge in [0.25, 0.3) is 0 Å². The van der Waals surface area contributed by atoms with Gasteiger partial charge in [-0.15, -0.1) is 11.8 Å². The fourth-order valence-electron chi connectivity index (χ4n) is 2.69. The molecular formula is C12H21NO2S. The van der Waals surface area contributed by atoms with E-state index in [2.05, 4.69) is 5.32 Å². The van der Waals surface area contributed by atoms with E-state index < -0.39 is 0 Å². The first-order chi connectivity index (χ1) is 7.76. The normalized spacial score (nSPS) is 28.2. The molecule has 4 heteroatoms. The minimum Gasteiger partial charge on any atom is -0.396 e. The molecule has 1 aliphatic carbocycles. The van der Waals surface area contributed by atoms with Crippen molar-refractivity contribution in [2.75, 3.05) is 18.9 Å². The van der Waals surface area contributed by atoms with Crippen molar-refractivity contribution in [2.24, 2.45) is 5.41 Å². The Morgan fingerprint density at radius 2 is 2.12 bits per heavy atom. The summed E-state index contributed by atoms with van der Waals surface area (Å²) < 4.78 is 0. The highest BCUT2D eigenvalue weighted by molar-refractivity contribution is 8.00. The summed E-state index contributed by atoms with van der Waals surface area (Å²) in [5.74, 6) is 1.30. The second kappa shape index (κ2) is 5.41. The highest BCUT2D eigenvalue weighted by Gasteiger charge is 2.34. The number of hydrogen-bond acceptors (Lipinski definition) is 3. The molecule has 0 bridgehead atoms. The van der Waals surface area contributed by atoms with Gasteiger partial charge in [0, 0.05) is 12.0 Å². The van der Waals surface area contributed by atoms with E-state index in [1.165, 1.54) is 12.8 Å². The molecule has 0 aromatic carbocycles. The zero-order valence-electron chi connectivity index (χ0n) is 9.71. The summed E-state index contributed by atoms with van der Waals surface area (Å²) in [5.41, 5.74) is -0.0149. The largest absolute Gasteiger partial charge is 0.396 e. The van der Waals surface area contributed by atoms with Gasteiger partial charge in [-0.2, -0.15) is 0 Å². The van der Waals surface area contributed by atoms with Gasteiger partial charge >= 0.3 is 0 Å². The van der Waals surface area contributed by atoms with Crippen molar-refractivity contribution in [3.05, 3.63) is 0 Å². The zero-order chi connectivity index (χ0) is 11.4. The van der Waals surface area contributed by atoms with Crippen LogP contribution >= 0.6 is 11.8 Å². The number of hydrogen-bond donors (Lipinski definition) is 2. The van der Waals surface area contributed by atoms with Crippen LogP contribution in [0.1, 0.15) is 38.5 Å². The lowest BCUT2D eigenvalue weighted by Gasteiger charge is -2.27. The van der Waals surface area contributed by atoms with Crippen molar-refractivity contribution >= 4 is 17.7 Å². The van der Waals surface area contributed by atoms with Crippen LogP contribution in [-0.4, -0.2) is 35.2 Å². The Balaban J connectivity index is 1.79. The van der Waals surface area contributed by atoms with Crippen LogP contribution in [0, 0.1) is 5.41 Å². The second-order valence-corrected chi connectivity index (χ2v) is 6.40. The van der Waals surface area contributed by atoms with Gasteiger partial charge in [0.2, 0.25) is 5.91 Å². The molecule has 0 aromatic heterocycles. The van der Waals surface area contributed by atoms with Crippen LogP contribution in [0.2, 0.25) is 0 Å². The van der Waals surface area contributed by atoms with Crippen molar-refractivity contribution in [3.8, 4) is 0 Å². The Morgan fingerprint density at radius 1 is 1.38 bits per heavy atom. The topological polar surface area (TPSA) is 49.3 Å². The number of carbonyl (C=O) groups excluding carboxylic acids is 1. The lowest BCUT2D eigenvalue weighted by molar-refractivity contribution is -0.121. The average molecular weight is 243 g/mol. The fraction of sp³-hybridized carbons (Fsp3) is 0.917. The van der Waals surface area contributed by atoms with Gasteiger partial charge in [-0.1, -0.05) is 12.8 Å². The summed E-state index contributed by atoms with van der Waals surface area (Å²) in [6.07, 6.45) is 6.67. The molecule has 1 aliphatic heterocycles. The standard InChI is InChI=1S/C12H21NO2S/c14-9-12(5-1-2-6-12)8-13-11(15)10-4-3-7-16-10/h10,14H,1-9H2,(H,13,15). The van der Waals surface area contributed by atoms with Crippen LogP contribution in [0.15, 0.2) is 0 Å². The van der Waals surface area contributed by atoms with E-state index in [9.17, 15) is 9.90 Å². The molecule has 2 rings (SSSR count). The zero-order valence-corrected chi connectivity index (χ0v) is 10.5. The second-order valence-electron chi connectivity index (χ2n) is 5.08. The first-order valence-electron chi connectivity index (χ1n) is 6.26. The lowest BCUT2D eigenvalue weighted by Crippen LogP contribution is -2.41. The molecular weight excluding hydrogens is 222 g/mol. The molecule has 1 atom stereocenters. The number of aliphatic hydroxyl groups is 1. The van der Waals surface area contributed by atoms with E-state index >= 15 is 0 Å². The lowest BCUT2D eigenvalue weighted by atomic mass is 9.87. The first-order valence-corrected chi connectivity index (χ1v) is 7.31. The molecule has 1 unspecified atom stereocenters. The van der Waals surface area contributed by atoms with Crippen LogP contribution in [0.25, 0.3) is 0 Å².